The fourth-order valence-corrected chi connectivity index (χ4v) is 3.20. The first kappa shape index (κ1) is 15.4. The van der Waals surface area contributed by atoms with Crippen LogP contribution in [0.15, 0.2) is 42.5 Å². The molecule has 0 atom stereocenters. The topological polar surface area (TPSA) is 6.48 Å². The zero-order valence-electron chi connectivity index (χ0n) is 13.3. The predicted octanol–water partition coefficient (Wildman–Crippen LogP) is 4.28. The third-order valence-electron chi connectivity index (χ3n) is 4.61. The third kappa shape index (κ3) is 3.45. The number of halogens is 1. The Balaban J connectivity index is 1.60. The normalized spacial score (nSPS) is 16.0. The summed E-state index contributed by atoms with van der Waals surface area (Å²) in [4.78, 5) is 5.03. The molecule has 1 saturated heterocycles. The first-order valence-electron chi connectivity index (χ1n) is 7.91. The Morgan fingerprint density at radius 2 is 1.59 bits per heavy atom. The van der Waals surface area contributed by atoms with Gasteiger partial charge in [-0.1, -0.05) is 35.9 Å². The SMILES string of the molecule is Cc1cccc(N2CCN(Cc3ccc(Cl)cc3)CC2)c1C. The molecule has 2 aromatic rings. The largest absolute Gasteiger partial charge is 0.369 e. The second-order valence-electron chi connectivity index (χ2n) is 6.11. The van der Waals surface area contributed by atoms with Crippen molar-refractivity contribution in [2.45, 2.75) is 20.4 Å². The molecule has 0 aliphatic carbocycles. The van der Waals surface area contributed by atoms with Gasteiger partial charge in [0.1, 0.15) is 0 Å². The van der Waals surface area contributed by atoms with E-state index in [0.29, 0.717) is 0 Å². The molecular weight excluding hydrogens is 292 g/mol. The van der Waals surface area contributed by atoms with Crippen molar-refractivity contribution in [3.63, 3.8) is 0 Å². The summed E-state index contributed by atoms with van der Waals surface area (Å²) >= 11 is 5.95. The lowest BCUT2D eigenvalue weighted by Crippen LogP contribution is -2.46. The molecule has 22 heavy (non-hydrogen) atoms. The number of hydrogen-bond donors (Lipinski definition) is 0. The van der Waals surface area contributed by atoms with E-state index < -0.39 is 0 Å². The van der Waals surface area contributed by atoms with E-state index in [1.54, 1.807) is 0 Å². The highest BCUT2D eigenvalue weighted by Gasteiger charge is 2.18. The van der Waals surface area contributed by atoms with Crippen LogP contribution in [0.4, 0.5) is 5.69 Å². The van der Waals surface area contributed by atoms with Crippen molar-refractivity contribution in [3.8, 4) is 0 Å². The zero-order valence-corrected chi connectivity index (χ0v) is 14.1. The van der Waals surface area contributed by atoms with Crippen molar-refractivity contribution < 1.29 is 0 Å². The Morgan fingerprint density at radius 3 is 2.27 bits per heavy atom. The summed E-state index contributed by atoms with van der Waals surface area (Å²) in [5.74, 6) is 0. The summed E-state index contributed by atoms with van der Waals surface area (Å²) in [5, 5.41) is 0.809. The Hall–Kier alpha value is -1.51. The second kappa shape index (κ2) is 6.72. The fourth-order valence-electron chi connectivity index (χ4n) is 3.07. The van der Waals surface area contributed by atoms with E-state index in [1.165, 1.54) is 22.4 Å². The molecule has 3 rings (SSSR count). The number of benzene rings is 2. The molecule has 0 saturated carbocycles. The van der Waals surface area contributed by atoms with Gasteiger partial charge in [-0.3, -0.25) is 4.90 Å². The van der Waals surface area contributed by atoms with Crippen molar-refractivity contribution in [2.75, 3.05) is 31.1 Å². The number of rotatable bonds is 3. The molecule has 1 fully saturated rings. The molecule has 0 aromatic heterocycles. The van der Waals surface area contributed by atoms with E-state index in [4.69, 9.17) is 11.6 Å². The number of piperazine rings is 1. The summed E-state index contributed by atoms with van der Waals surface area (Å²) < 4.78 is 0. The zero-order chi connectivity index (χ0) is 15.5. The molecular formula is C19H23ClN2. The van der Waals surface area contributed by atoms with E-state index in [1.807, 2.05) is 12.1 Å². The van der Waals surface area contributed by atoms with Gasteiger partial charge in [0.15, 0.2) is 0 Å². The van der Waals surface area contributed by atoms with Crippen LogP contribution < -0.4 is 4.90 Å². The smallest absolute Gasteiger partial charge is 0.0406 e. The minimum absolute atomic E-state index is 0.809. The minimum Gasteiger partial charge on any atom is -0.369 e. The molecule has 0 spiro atoms. The van der Waals surface area contributed by atoms with Gasteiger partial charge in [-0.15, -0.1) is 0 Å². The molecule has 1 heterocycles. The average molecular weight is 315 g/mol. The number of anilines is 1. The van der Waals surface area contributed by atoms with E-state index in [9.17, 15) is 0 Å². The first-order valence-corrected chi connectivity index (χ1v) is 8.29. The van der Waals surface area contributed by atoms with Gasteiger partial charge in [0.2, 0.25) is 0 Å². The summed E-state index contributed by atoms with van der Waals surface area (Å²) in [6, 6.07) is 14.8. The lowest BCUT2D eigenvalue weighted by Gasteiger charge is -2.37. The Kier molecular flexibility index (Phi) is 4.70. The Bertz CT molecular complexity index is 628. The minimum atomic E-state index is 0.809. The van der Waals surface area contributed by atoms with Gasteiger partial charge in [-0.2, -0.15) is 0 Å². The first-order chi connectivity index (χ1) is 10.6. The third-order valence-corrected chi connectivity index (χ3v) is 4.86. The molecule has 0 bridgehead atoms. The molecule has 0 unspecified atom stereocenters. The van der Waals surface area contributed by atoms with E-state index in [2.05, 4.69) is 54.0 Å². The fraction of sp³-hybridized carbons (Fsp3) is 0.368. The van der Waals surface area contributed by atoms with Crippen LogP contribution in [0, 0.1) is 13.8 Å². The lowest BCUT2D eigenvalue weighted by atomic mass is 10.1. The highest BCUT2D eigenvalue weighted by Crippen LogP contribution is 2.24. The van der Waals surface area contributed by atoms with Gasteiger partial charge >= 0.3 is 0 Å². The van der Waals surface area contributed by atoms with Crippen LogP contribution >= 0.6 is 11.6 Å². The molecule has 0 radical (unpaired) electrons. The highest BCUT2D eigenvalue weighted by molar-refractivity contribution is 6.30. The Labute approximate surface area is 138 Å². The van der Waals surface area contributed by atoms with Gasteiger partial charge in [0.25, 0.3) is 0 Å². The summed E-state index contributed by atoms with van der Waals surface area (Å²) in [6.07, 6.45) is 0. The van der Waals surface area contributed by atoms with E-state index in [0.717, 1.165) is 37.7 Å². The van der Waals surface area contributed by atoms with Crippen LogP contribution in [0.1, 0.15) is 16.7 Å². The molecule has 1 aliphatic heterocycles. The number of aryl methyl sites for hydroxylation is 1. The quantitative estimate of drug-likeness (QED) is 0.834. The van der Waals surface area contributed by atoms with E-state index in [-0.39, 0.29) is 0 Å². The van der Waals surface area contributed by atoms with Crippen molar-refractivity contribution in [3.05, 3.63) is 64.2 Å². The van der Waals surface area contributed by atoms with Gasteiger partial charge in [0, 0.05) is 43.4 Å². The molecule has 116 valence electrons. The summed E-state index contributed by atoms with van der Waals surface area (Å²) in [5.41, 5.74) is 5.52. The van der Waals surface area contributed by atoms with Crippen molar-refractivity contribution >= 4 is 17.3 Å². The van der Waals surface area contributed by atoms with Gasteiger partial charge in [0.05, 0.1) is 0 Å². The lowest BCUT2D eigenvalue weighted by molar-refractivity contribution is 0.250. The van der Waals surface area contributed by atoms with Crippen LogP contribution in [0.3, 0.4) is 0 Å². The standard InChI is InChI=1S/C19H23ClN2/c1-15-4-3-5-19(16(15)2)22-12-10-21(11-13-22)14-17-6-8-18(20)9-7-17/h3-9H,10-14H2,1-2H3. The van der Waals surface area contributed by atoms with Gasteiger partial charge < -0.3 is 4.90 Å². The molecule has 1 aliphatic rings. The molecule has 0 amide bonds. The monoisotopic (exact) mass is 314 g/mol. The van der Waals surface area contributed by atoms with Crippen LogP contribution in [0.2, 0.25) is 5.02 Å². The summed E-state index contributed by atoms with van der Waals surface area (Å²) in [7, 11) is 0. The number of nitrogens with zero attached hydrogens (tertiary/aromatic N) is 2. The van der Waals surface area contributed by atoms with E-state index >= 15 is 0 Å². The van der Waals surface area contributed by atoms with Crippen molar-refractivity contribution in [1.82, 2.24) is 4.90 Å². The summed E-state index contributed by atoms with van der Waals surface area (Å²) in [6.45, 7) is 9.83. The molecule has 3 heteroatoms. The van der Waals surface area contributed by atoms with Crippen LogP contribution in [-0.4, -0.2) is 31.1 Å². The van der Waals surface area contributed by atoms with Crippen LogP contribution in [-0.2, 0) is 6.54 Å². The van der Waals surface area contributed by atoms with Gasteiger partial charge in [-0.25, -0.2) is 0 Å². The number of hydrogen-bond acceptors (Lipinski definition) is 2. The van der Waals surface area contributed by atoms with Crippen LogP contribution in [0.25, 0.3) is 0 Å². The predicted molar refractivity (Wildman–Crippen MR) is 94.9 cm³/mol. The van der Waals surface area contributed by atoms with Crippen molar-refractivity contribution in [2.24, 2.45) is 0 Å². The molecule has 2 aromatic carbocycles. The van der Waals surface area contributed by atoms with Gasteiger partial charge in [-0.05, 0) is 48.7 Å². The Morgan fingerprint density at radius 1 is 0.909 bits per heavy atom. The van der Waals surface area contributed by atoms with Crippen LogP contribution in [0.5, 0.6) is 0 Å². The van der Waals surface area contributed by atoms with Crippen molar-refractivity contribution in [1.29, 1.82) is 0 Å². The maximum atomic E-state index is 5.95. The second-order valence-corrected chi connectivity index (χ2v) is 6.55. The maximum absolute atomic E-state index is 5.95. The average Bonchev–Trinajstić information content (AvgIpc) is 2.53. The maximum Gasteiger partial charge on any atom is 0.0406 e. The molecule has 0 N–H and O–H groups in total. The molecule has 2 nitrogen and oxygen atoms in total. The highest BCUT2D eigenvalue weighted by atomic mass is 35.5.